The average molecular weight is 265 g/mol. The van der Waals surface area contributed by atoms with Gasteiger partial charge in [0.15, 0.2) is 3.95 Å². The Labute approximate surface area is 110 Å². The topological polar surface area (TPSA) is 25.0 Å². The zero-order chi connectivity index (χ0) is 12.3. The van der Waals surface area contributed by atoms with E-state index in [9.17, 15) is 0 Å². The fraction of sp³-hybridized carbons (Fsp3) is 0.308. The van der Waals surface area contributed by atoms with Crippen molar-refractivity contribution in [1.82, 2.24) is 4.98 Å². The number of rotatable bonds is 4. The van der Waals surface area contributed by atoms with E-state index in [0.717, 1.165) is 34.0 Å². The van der Waals surface area contributed by atoms with Crippen molar-refractivity contribution >= 4 is 23.6 Å². The lowest BCUT2D eigenvalue weighted by molar-refractivity contribution is 0.319. The molecule has 0 aliphatic heterocycles. The molecule has 0 saturated carbocycles. The maximum atomic E-state index is 5.76. The lowest BCUT2D eigenvalue weighted by atomic mass is 10.1. The maximum absolute atomic E-state index is 5.76. The molecule has 2 rings (SSSR count). The number of hydrogen-bond donors (Lipinski definition) is 1. The number of aromatic nitrogens is 1. The first-order chi connectivity index (χ1) is 8.22. The van der Waals surface area contributed by atoms with Crippen molar-refractivity contribution < 1.29 is 4.74 Å². The molecule has 1 heterocycles. The molecule has 0 saturated heterocycles. The van der Waals surface area contributed by atoms with E-state index in [0.29, 0.717) is 0 Å². The summed E-state index contributed by atoms with van der Waals surface area (Å²) < 4.78 is 6.57. The van der Waals surface area contributed by atoms with Crippen LogP contribution in [0.5, 0.6) is 5.75 Å². The molecule has 0 aliphatic rings. The van der Waals surface area contributed by atoms with Gasteiger partial charge >= 0.3 is 0 Å². The number of nitrogens with one attached hydrogen (secondary N) is 1. The molecule has 1 N–H and O–H groups in total. The number of ether oxygens (including phenoxy) is 1. The summed E-state index contributed by atoms with van der Waals surface area (Å²) in [7, 11) is 0. The molecule has 2 aromatic rings. The van der Waals surface area contributed by atoms with E-state index in [1.54, 1.807) is 11.3 Å². The molecule has 2 nitrogen and oxygen atoms in total. The minimum atomic E-state index is 0.742. The summed E-state index contributed by atoms with van der Waals surface area (Å²) in [5.74, 6) is 0.933. The smallest absolute Gasteiger partial charge is 0.159 e. The summed E-state index contributed by atoms with van der Waals surface area (Å²) in [6, 6.07) is 8.10. The Kier molecular flexibility index (Phi) is 3.97. The number of thiazole rings is 1. The van der Waals surface area contributed by atoms with Crippen LogP contribution >= 0.6 is 23.6 Å². The third-order valence-corrected chi connectivity index (χ3v) is 3.79. The van der Waals surface area contributed by atoms with Crippen LogP contribution < -0.4 is 4.74 Å². The standard InChI is InChI=1S/C13H15NOS2/c1-3-8-15-11-7-5-4-6-10(11)12-9(2)14-13(16)17-12/h4-7H,3,8H2,1-2H3,(H,14,16). The molecule has 1 aromatic carbocycles. The fourth-order valence-electron chi connectivity index (χ4n) is 1.65. The van der Waals surface area contributed by atoms with Crippen molar-refractivity contribution in [2.45, 2.75) is 20.3 Å². The summed E-state index contributed by atoms with van der Waals surface area (Å²) in [5, 5.41) is 0. The molecule has 0 radical (unpaired) electrons. The van der Waals surface area contributed by atoms with Crippen LogP contribution in [0.25, 0.3) is 10.4 Å². The van der Waals surface area contributed by atoms with E-state index >= 15 is 0 Å². The van der Waals surface area contributed by atoms with Crippen LogP contribution in [-0.2, 0) is 0 Å². The lowest BCUT2D eigenvalue weighted by Gasteiger charge is -2.09. The first-order valence-corrected chi connectivity index (χ1v) is 6.86. The van der Waals surface area contributed by atoms with E-state index in [-0.39, 0.29) is 0 Å². The van der Waals surface area contributed by atoms with Crippen LogP contribution in [0.1, 0.15) is 19.0 Å². The Hall–Kier alpha value is -1.13. The van der Waals surface area contributed by atoms with Crippen LogP contribution in [0.3, 0.4) is 0 Å². The highest BCUT2D eigenvalue weighted by atomic mass is 32.1. The van der Waals surface area contributed by atoms with Gasteiger partial charge in [0.05, 0.1) is 11.5 Å². The molecule has 0 spiro atoms. The van der Waals surface area contributed by atoms with Crippen LogP contribution in [-0.4, -0.2) is 11.6 Å². The monoisotopic (exact) mass is 265 g/mol. The fourth-order valence-corrected chi connectivity index (χ4v) is 2.93. The Bertz CT molecular complexity index is 557. The molecule has 0 atom stereocenters. The number of hydrogen-bond acceptors (Lipinski definition) is 3. The highest BCUT2D eigenvalue weighted by Gasteiger charge is 2.10. The van der Waals surface area contributed by atoms with E-state index in [4.69, 9.17) is 17.0 Å². The van der Waals surface area contributed by atoms with Gasteiger partial charge in [-0.2, -0.15) is 0 Å². The Balaban J connectivity index is 2.44. The molecule has 0 amide bonds. The largest absolute Gasteiger partial charge is 0.493 e. The van der Waals surface area contributed by atoms with E-state index in [1.807, 2.05) is 25.1 Å². The average Bonchev–Trinajstić information content (AvgIpc) is 2.66. The Morgan fingerprint density at radius 1 is 1.35 bits per heavy atom. The zero-order valence-electron chi connectivity index (χ0n) is 9.95. The van der Waals surface area contributed by atoms with Crippen molar-refractivity contribution in [3.63, 3.8) is 0 Å². The molecule has 90 valence electrons. The Morgan fingerprint density at radius 3 is 2.76 bits per heavy atom. The van der Waals surface area contributed by atoms with Gasteiger partial charge in [0, 0.05) is 11.3 Å². The van der Waals surface area contributed by atoms with Crippen LogP contribution in [0.15, 0.2) is 24.3 Å². The molecule has 0 unspecified atom stereocenters. The van der Waals surface area contributed by atoms with Gasteiger partial charge in [-0.1, -0.05) is 19.1 Å². The number of para-hydroxylation sites is 1. The molecule has 0 aliphatic carbocycles. The second-order valence-electron chi connectivity index (χ2n) is 3.81. The van der Waals surface area contributed by atoms with Gasteiger partial charge in [-0.3, -0.25) is 0 Å². The van der Waals surface area contributed by atoms with Crippen LogP contribution in [0, 0.1) is 10.9 Å². The van der Waals surface area contributed by atoms with Gasteiger partial charge in [0.25, 0.3) is 0 Å². The van der Waals surface area contributed by atoms with Gasteiger partial charge in [-0.05, 0) is 37.7 Å². The van der Waals surface area contributed by atoms with Crippen molar-refractivity contribution in [3.8, 4) is 16.2 Å². The summed E-state index contributed by atoms with van der Waals surface area (Å²) in [4.78, 5) is 4.34. The van der Waals surface area contributed by atoms with Crippen LogP contribution in [0.2, 0.25) is 0 Å². The predicted octanol–water partition coefficient (Wildman–Crippen LogP) is 4.57. The molecule has 17 heavy (non-hydrogen) atoms. The predicted molar refractivity (Wildman–Crippen MR) is 75.5 cm³/mol. The highest BCUT2D eigenvalue weighted by Crippen LogP contribution is 2.35. The lowest BCUT2D eigenvalue weighted by Crippen LogP contribution is -1.96. The van der Waals surface area contributed by atoms with Crippen molar-refractivity contribution in [3.05, 3.63) is 33.9 Å². The summed E-state index contributed by atoms with van der Waals surface area (Å²) in [5.41, 5.74) is 2.23. The molecule has 0 fully saturated rings. The molecule has 4 heteroatoms. The first-order valence-electron chi connectivity index (χ1n) is 5.64. The zero-order valence-corrected chi connectivity index (χ0v) is 11.6. The summed E-state index contributed by atoms with van der Waals surface area (Å²) >= 11 is 6.77. The molecular weight excluding hydrogens is 250 g/mol. The quantitative estimate of drug-likeness (QED) is 0.819. The molecule has 1 aromatic heterocycles. The number of benzene rings is 1. The van der Waals surface area contributed by atoms with Gasteiger partial charge in [-0.25, -0.2) is 0 Å². The SMILES string of the molecule is CCCOc1ccccc1-c1sc(=S)[nH]c1C. The number of H-pyrrole nitrogens is 1. The van der Waals surface area contributed by atoms with E-state index in [1.165, 1.54) is 4.88 Å². The third kappa shape index (κ3) is 2.76. The maximum Gasteiger partial charge on any atom is 0.159 e. The second-order valence-corrected chi connectivity index (χ2v) is 5.50. The van der Waals surface area contributed by atoms with Gasteiger partial charge < -0.3 is 9.72 Å². The minimum absolute atomic E-state index is 0.742. The normalized spacial score (nSPS) is 10.5. The van der Waals surface area contributed by atoms with Crippen molar-refractivity contribution in [2.24, 2.45) is 0 Å². The van der Waals surface area contributed by atoms with Crippen molar-refractivity contribution in [2.75, 3.05) is 6.61 Å². The van der Waals surface area contributed by atoms with E-state index in [2.05, 4.69) is 18.0 Å². The molecular formula is C13H15NOS2. The first kappa shape index (κ1) is 12.3. The van der Waals surface area contributed by atoms with E-state index < -0.39 is 0 Å². The summed E-state index contributed by atoms with van der Waals surface area (Å²) in [6.07, 6.45) is 1.01. The summed E-state index contributed by atoms with van der Waals surface area (Å²) in [6.45, 7) is 4.89. The third-order valence-electron chi connectivity index (χ3n) is 2.42. The number of aryl methyl sites for hydroxylation is 1. The minimum Gasteiger partial charge on any atom is -0.493 e. The van der Waals surface area contributed by atoms with Gasteiger partial charge in [0.2, 0.25) is 0 Å². The Morgan fingerprint density at radius 2 is 2.12 bits per heavy atom. The number of aromatic amines is 1. The highest BCUT2D eigenvalue weighted by molar-refractivity contribution is 7.73. The van der Waals surface area contributed by atoms with Gasteiger partial charge in [0.1, 0.15) is 5.75 Å². The van der Waals surface area contributed by atoms with Gasteiger partial charge in [-0.15, -0.1) is 11.3 Å². The molecule has 0 bridgehead atoms. The van der Waals surface area contributed by atoms with Crippen molar-refractivity contribution in [1.29, 1.82) is 0 Å². The van der Waals surface area contributed by atoms with Crippen LogP contribution in [0.4, 0.5) is 0 Å². The second kappa shape index (κ2) is 5.47.